The van der Waals surface area contributed by atoms with Crippen molar-refractivity contribution in [1.82, 2.24) is 0 Å². The highest BCUT2D eigenvalue weighted by Gasteiger charge is 2.12. The summed E-state index contributed by atoms with van der Waals surface area (Å²) >= 11 is 0. The molecule has 0 saturated heterocycles. The molecule has 3 nitrogen and oxygen atoms in total. The number of rotatable bonds is 4. The Hall–Kier alpha value is -2.68. The summed E-state index contributed by atoms with van der Waals surface area (Å²) in [5, 5.41) is 2.15. The Morgan fingerprint density at radius 2 is 1.36 bits per heavy atom. The van der Waals surface area contributed by atoms with Gasteiger partial charge in [-0.05, 0) is 46.2 Å². The largest absolute Gasteiger partial charge is 0.497 e. The topological polar surface area (TPSA) is 27.7 Å². The van der Waals surface area contributed by atoms with Crippen LogP contribution in [0.15, 0.2) is 54.6 Å². The third-order valence-electron chi connectivity index (χ3n) is 3.75. The van der Waals surface area contributed by atoms with Crippen LogP contribution in [0.2, 0.25) is 0 Å². The van der Waals surface area contributed by atoms with Crippen LogP contribution in [0.3, 0.4) is 0 Å². The smallest absolute Gasteiger partial charge is 0.161 e. The first kappa shape index (κ1) is 14.3. The van der Waals surface area contributed by atoms with E-state index in [4.69, 9.17) is 14.2 Å². The molecular weight excluding hydrogens is 276 g/mol. The van der Waals surface area contributed by atoms with Gasteiger partial charge in [-0.3, -0.25) is 0 Å². The van der Waals surface area contributed by atoms with Crippen LogP contribution in [0.1, 0.15) is 0 Å². The second-order valence-electron chi connectivity index (χ2n) is 4.97. The zero-order valence-corrected chi connectivity index (χ0v) is 12.9. The van der Waals surface area contributed by atoms with Crippen molar-refractivity contribution in [3.8, 4) is 28.4 Å². The van der Waals surface area contributed by atoms with Crippen LogP contribution in [0, 0.1) is 0 Å². The Labute approximate surface area is 130 Å². The van der Waals surface area contributed by atoms with Crippen LogP contribution in [-0.4, -0.2) is 21.3 Å². The molecule has 112 valence electrons. The summed E-state index contributed by atoms with van der Waals surface area (Å²) in [4.78, 5) is 0. The van der Waals surface area contributed by atoms with Crippen LogP contribution in [0.25, 0.3) is 21.9 Å². The lowest BCUT2D eigenvalue weighted by molar-refractivity contribution is 0.356. The number of hydrogen-bond acceptors (Lipinski definition) is 3. The van der Waals surface area contributed by atoms with Gasteiger partial charge in [-0.1, -0.05) is 30.3 Å². The van der Waals surface area contributed by atoms with E-state index in [1.54, 1.807) is 21.3 Å². The lowest BCUT2D eigenvalue weighted by Crippen LogP contribution is -1.92. The minimum Gasteiger partial charge on any atom is -0.497 e. The highest BCUT2D eigenvalue weighted by Crippen LogP contribution is 2.39. The highest BCUT2D eigenvalue weighted by molar-refractivity contribution is 5.99. The second-order valence-corrected chi connectivity index (χ2v) is 4.97. The average molecular weight is 294 g/mol. The number of benzene rings is 3. The Morgan fingerprint density at radius 1 is 0.682 bits per heavy atom. The molecule has 0 amide bonds. The van der Waals surface area contributed by atoms with E-state index in [0.29, 0.717) is 5.75 Å². The molecule has 3 aromatic carbocycles. The lowest BCUT2D eigenvalue weighted by atomic mass is 9.97. The normalized spacial score (nSPS) is 10.5. The van der Waals surface area contributed by atoms with E-state index in [1.807, 2.05) is 42.5 Å². The van der Waals surface area contributed by atoms with Crippen molar-refractivity contribution in [2.75, 3.05) is 21.3 Å². The molecule has 0 N–H and O–H groups in total. The van der Waals surface area contributed by atoms with Crippen molar-refractivity contribution >= 4 is 10.8 Å². The van der Waals surface area contributed by atoms with Crippen LogP contribution >= 0.6 is 0 Å². The molecule has 3 heteroatoms. The number of fused-ring (bicyclic) bond motifs is 1. The highest BCUT2D eigenvalue weighted by atomic mass is 16.5. The van der Waals surface area contributed by atoms with Crippen LogP contribution in [-0.2, 0) is 0 Å². The average Bonchev–Trinajstić information content (AvgIpc) is 2.60. The zero-order valence-electron chi connectivity index (χ0n) is 12.9. The summed E-state index contributed by atoms with van der Waals surface area (Å²) in [7, 11) is 4.97. The number of hydrogen-bond donors (Lipinski definition) is 0. The monoisotopic (exact) mass is 294 g/mol. The van der Waals surface area contributed by atoms with Crippen molar-refractivity contribution in [2.24, 2.45) is 0 Å². The van der Waals surface area contributed by atoms with Crippen LogP contribution < -0.4 is 14.2 Å². The Bertz CT molecular complexity index is 795. The predicted molar refractivity (Wildman–Crippen MR) is 89.0 cm³/mol. The van der Waals surface area contributed by atoms with Gasteiger partial charge in [0.05, 0.1) is 21.3 Å². The standard InChI is InChI=1S/C19H18O3/c1-20-15-9-14-10-18(21-2)19(22-3)12-17(14)16(11-15)13-7-5-4-6-8-13/h4-12H,1-3H3. The molecule has 0 aliphatic carbocycles. The van der Waals surface area contributed by atoms with E-state index in [2.05, 4.69) is 12.1 Å². The lowest BCUT2D eigenvalue weighted by Gasteiger charge is -2.14. The van der Waals surface area contributed by atoms with E-state index in [1.165, 1.54) is 0 Å². The van der Waals surface area contributed by atoms with E-state index < -0.39 is 0 Å². The van der Waals surface area contributed by atoms with Crippen LogP contribution in [0.5, 0.6) is 17.2 Å². The fraction of sp³-hybridized carbons (Fsp3) is 0.158. The molecule has 0 aliphatic heterocycles. The Kier molecular flexibility index (Phi) is 3.88. The molecule has 3 rings (SSSR count). The van der Waals surface area contributed by atoms with Gasteiger partial charge in [0.25, 0.3) is 0 Å². The van der Waals surface area contributed by atoms with E-state index in [9.17, 15) is 0 Å². The first-order valence-electron chi connectivity index (χ1n) is 7.06. The van der Waals surface area contributed by atoms with Gasteiger partial charge in [-0.15, -0.1) is 0 Å². The Morgan fingerprint density at radius 3 is 2.00 bits per heavy atom. The molecule has 22 heavy (non-hydrogen) atoms. The molecule has 0 fully saturated rings. The number of ether oxygens (including phenoxy) is 3. The van der Waals surface area contributed by atoms with Gasteiger partial charge in [0.2, 0.25) is 0 Å². The molecule has 0 spiro atoms. The summed E-state index contributed by atoms with van der Waals surface area (Å²) in [6, 6.07) is 18.3. The molecule has 3 aromatic rings. The molecule has 0 heterocycles. The SMILES string of the molecule is COc1cc(-c2ccccc2)c2cc(OC)c(OC)cc2c1. The van der Waals surface area contributed by atoms with Crippen molar-refractivity contribution in [1.29, 1.82) is 0 Å². The molecule has 0 aliphatic rings. The third kappa shape index (κ3) is 2.46. The first-order chi connectivity index (χ1) is 10.8. The summed E-state index contributed by atoms with van der Waals surface area (Å²) in [6.07, 6.45) is 0. The molecule has 0 radical (unpaired) electrons. The molecule has 0 saturated carbocycles. The molecule has 0 unspecified atom stereocenters. The van der Waals surface area contributed by atoms with Crippen LogP contribution in [0.4, 0.5) is 0 Å². The van der Waals surface area contributed by atoms with Gasteiger partial charge >= 0.3 is 0 Å². The maximum Gasteiger partial charge on any atom is 0.161 e. The van der Waals surface area contributed by atoms with Gasteiger partial charge in [-0.2, -0.15) is 0 Å². The minimum absolute atomic E-state index is 0.710. The maximum atomic E-state index is 5.44. The van der Waals surface area contributed by atoms with Crippen molar-refractivity contribution in [2.45, 2.75) is 0 Å². The summed E-state index contributed by atoms with van der Waals surface area (Å²) in [5.41, 5.74) is 2.24. The summed E-state index contributed by atoms with van der Waals surface area (Å²) in [5.74, 6) is 2.25. The first-order valence-corrected chi connectivity index (χ1v) is 7.06. The quantitative estimate of drug-likeness (QED) is 0.707. The summed E-state index contributed by atoms with van der Waals surface area (Å²) in [6.45, 7) is 0. The molecule has 0 atom stereocenters. The second kappa shape index (κ2) is 5.98. The molecular formula is C19H18O3. The summed E-state index contributed by atoms with van der Waals surface area (Å²) < 4.78 is 16.3. The van der Waals surface area contributed by atoms with Gasteiger partial charge in [0, 0.05) is 0 Å². The van der Waals surface area contributed by atoms with Gasteiger partial charge in [0.1, 0.15) is 5.75 Å². The van der Waals surface area contributed by atoms with Crippen molar-refractivity contribution in [3.63, 3.8) is 0 Å². The zero-order chi connectivity index (χ0) is 15.5. The van der Waals surface area contributed by atoms with E-state index in [0.717, 1.165) is 33.4 Å². The van der Waals surface area contributed by atoms with Gasteiger partial charge < -0.3 is 14.2 Å². The van der Waals surface area contributed by atoms with E-state index >= 15 is 0 Å². The fourth-order valence-corrected chi connectivity index (χ4v) is 2.64. The fourth-order valence-electron chi connectivity index (χ4n) is 2.64. The minimum atomic E-state index is 0.710. The van der Waals surface area contributed by atoms with Crippen molar-refractivity contribution < 1.29 is 14.2 Å². The Balaban J connectivity index is 2.34. The van der Waals surface area contributed by atoms with Crippen molar-refractivity contribution in [3.05, 3.63) is 54.6 Å². The van der Waals surface area contributed by atoms with Gasteiger partial charge in [0.15, 0.2) is 11.5 Å². The molecule has 0 aromatic heterocycles. The maximum absolute atomic E-state index is 5.44. The third-order valence-corrected chi connectivity index (χ3v) is 3.75. The number of methoxy groups -OCH3 is 3. The molecule has 0 bridgehead atoms. The van der Waals surface area contributed by atoms with Gasteiger partial charge in [-0.25, -0.2) is 0 Å². The van der Waals surface area contributed by atoms with E-state index in [-0.39, 0.29) is 0 Å². The predicted octanol–water partition coefficient (Wildman–Crippen LogP) is 4.53.